The summed E-state index contributed by atoms with van der Waals surface area (Å²) in [6.45, 7) is 3.95. The minimum absolute atomic E-state index is 0.0642. The minimum Gasteiger partial charge on any atom is -0.368 e. The minimum atomic E-state index is -0.758. The lowest BCUT2D eigenvalue weighted by Gasteiger charge is -2.26. The third-order valence-corrected chi connectivity index (χ3v) is 2.90. The van der Waals surface area contributed by atoms with Crippen LogP contribution in [0.3, 0.4) is 0 Å². The standard InChI is InChI=1S/C11H20N2O2/c1-8(2)7-9(14)13-11(10(12)15)5-3-4-6-11/h8H,3-7H2,1-2H3,(H2,12,15)(H,13,14). The van der Waals surface area contributed by atoms with Gasteiger partial charge in [-0.15, -0.1) is 0 Å². The van der Waals surface area contributed by atoms with Crippen molar-refractivity contribution < 1.29 is 9.59 Å². The molecular weight excluding hydrogens is 192 g/mol. The van der Waals surface area contributed by atoms with E-state index in [4.69, 9.17) is 5.73 Å². The highest BCUT2D eigenvalue weighted by molar-refractivity contribution is 5.90. The summed E-state index contributed by atoms with van der Waals surface area (Å²) in [4.78, 5) is 23.0. The van der Waals surface area contributed by atoms with E-state index >= 15 is 0 Å². The van der Waals surface area contributed by atoms with Crippen LogP contribution < -0.4 is 11.1 Å². The summed E-state index contributed by atoms with van der Waals surface area (Å²) in [6.07, 6.45) is 3.75. The Kier molecular flexibility index (Phi) is 3.72. The summed E-state index contributed by atoms with van der Waals surface area (Å²) in [6, 6.07) is 0. The molecule has 1 aliphatic rings. The quantitative estimate of drug-likeness (QED) is 0.728. The third kappa shape index (κ3) is 2.94. The Labute approximate surface area is 90.6 Å². The number of carbonyl (C=O) groups is 2. The highest BCUT2D eigenvalue weighted by Crippen LogP contribution is 2.29. The molecule has 0 atom stereocenters. The molecule has 0 spiro atoms. The van der Waals surface area contributed by atoms with Crippen molar-refractivity contribution in [1.29, 1.82) is 0 Å². The number of hydrogen-bond donors (Lipinski definition) is 2. The molecule has 0 aromatic carbocycles. The highest BCUT2D eigenvalue weighted by Gasteiger charge is 2.40. The first-order valence-electron chi connectivity index (χ1n) is 5.57. The fraction of sp³-hybridized carbons (Fsp3) is 0.818. The lowest BCUT2D eigenvalue weighted by atomic mass is 9.96. The predicted octanol–water partition coefficient (Wildman–Crippen LogP) is 0.947. The topological polar surface area (TPSA) is 72.2 Å². The average Bonchev–Trinajstić information content (AvgIpc) is 2.52. The first-order valence-corrected chi connectivity index (χ1v) is 5.57. The zero-order valence-electron chi connectivity index (χ0n) is 9.51. The Morgan fingerprint density at radius 3 is 2.27 bits per heavy atom. The monoisotopic (exact) mass is 212 g/mol. The van der Waals surface area contributed by atoms with Crippen molar-refractivity contribution in [3.05, 3.63) is 0 Å². The van der Waals surface area contributed by atoms with Gasteiger partial charge in [-0.05, 0) is 18.8 Å². The van der Waals surface area contributed by atoms with Crippen molar-refractivity contribution in [3.63, 3.8) is 0 Å². The van der Waals surface area contributed by atoms with Crippen LogP contribution in [0.4, 0.5) is 0 Å². The molecule has 0 radical (unpaired) electrons. The average molecular weight is 212 g/mol. The third-order valence-electron chi connectivity index (χ3n) is 2.90. The van der Waals surface area contributed by atoms with E-state index in [0.717, 1.165) is 12.8 Å². The lowest BCUT2D eigenvalue weighted by Crippen LogP contribution is -2.55. The van der Waals surface area contributed by atoms with E-state index in [-0.39, 0.29) is 5.91 Å². The summed E-state index contributed by atoms with van der Waals surface area (Å²) >= 11 is 0. The molecule has 3 N–H and O–H groups in total. The number of nitrogens with one attached hydrogen (secondary N) is 1. The van der Waals surface area contributed by atoms with Crippen molar-refractivity contribution in [3.8, 4) is 0 Å². The largest absolute Gasteiger partial charge is 0.368 e. The van der Waals surface area contributed by atoms with Crippen LogP contribution in [0.25, 0.3) is 0 Å². The molecule has 15 heavy (non-hydrogen) atoms. The SMILES string of the molecule is CC(C)CC(=O)NC1(C(N)=O)CCCC1. The first kappa shape index (κ1) is 12.0. The maximum Gasteiger partial charge on any atom is 0.243 e. The Bertz CT molecular complexity index is 255. The van der Waals surface area contributed by atoms with E-state index in [1.807, 2.05) is 13.8 Å². The number of primary amides is 1. The van der Waals surface area contributed by atoms with Crippen molar-refractivity contribution in [1.82, 2.24) is 5.32 Å². The second kappa shape index (κ2) is 4.64. The summed E-state index contributed by atoms with van der Waals surface area (Å²) < 4.78 is 0. The summed E-state index contributed by atoms with van der Waals surface area (Å²) in [5, 5.41) is 2.81. The summed E-state index contributed by atoms with van der Waals surface area (Å²) in [5.74, 6) is -0.154. The molecule has 1 aliphatic carbocycles. The van der Waals surface area contributed by atoms with Gasteiger partial charge in [-0.2, -0.15) is 0 Å². The number of amides is 2. The first-order chi connectivity index (χ1) is 6.96. The Hall–Kier alpha value is -1.06. The van der Waals surface area contributed by atoms with E-state index in [2.05, 4.69) is 5.32 Å². The number of hydrogen-bond acceptors (Lipinski definition) is 2. The second-order valence-corrected chi connectivity index (χ2v) is 4.80. The van der Waals surface area contributed by atoms with Gasteiger partial charge in [0.25, 0.3) is 0 Å². The van der Waals surface area contributed by atoms with Crippen LogP contribution in [-0.2, 0) is 9.59 Å². The van der Waals surface area contributed by atoms with Crippen LogP contribution in [0.1, 0.15) is 46.0 Å². The maximum absolute atomic E-state index is 11.6. The zero-order chi connectivity index (χ0) is 11.5. The van der Waals surface area contributed by atoms with E-state index in [0.29, 0.717) is 25.2 Å². The van der Waals surface area contributed by atoms with Crippen LogP contribution in [0.15, 0.2) is 0 Å². The molecule has 0 heterocycles. The zero-order valence-corrected chi connectivity index (χ0v) is 9.51. The normalized spacial score (nSPS) is 19.1. The Morgan fingerprint density at radius 2 is 1.87 bits per heavy atom. The molecule has 0 unspecified atom stereocenters. The van der Waals surface area contributed by atoms with Crippen LogP contribution in [0.2, 0.25) is 0 Å². The number of rotatable bonds is 4. The molecular formula is C11H20N2O2. The predicted molar refractivity (Wildman–Crippen MR) is 58.0 cm³/mol. The van der Waals surface area contributed by atoms with Crippen molar-refractivity contribution in [2.45, 2.75) is 51.5 Å². The summed E-state index contributed by atoms with van der Waals surface area (Å²) in [7, 11) is 0. The van der Waals surface area contributed by atoms with E-state index in [9.17, 15) is 9.59 Å². The van der Waals surface area contributed by atoms with Crippen molar-refractivity contribution in [2.75, 3.05) is 0 Å². The maximum atomic E-state index is 11.6. The van der Waals surface area contributed by atoms with E-state index in [1.54, 1.807) is 0 Å². The van der Waals surface area contributed by atoms with Gasteiger partial charge in [0.1, 0.15) is 5.54 Å². The molecule has 1 rings (SSSR count). The smallest absolute Gasteiger partial charge is 0.243 e. The Balaban J connectivity index is 2.59. The van der Waals surface area contributed by atoms with Crippen LogP contribution in [-0.4, -0.2) is 17.4 Å². The fourth-order valence-electron chi connectivity index (χ4n) is 2.10. The lowest BCUT2D eigenvalue weighted by molar-refractivity contribution is -0.131. The second-order valence-electron chi connectivity index (χ2n) is 4.80. The van der Waals surface area contributed by atoms with Crippen molar-refractivity contribution >= 4 is 11.8 Å². The van der Waals surface area contributed by atoms with Gasteiger partial charge in [0.2, 0.25) is 11.8 Å². The molecule has 0 aromatic rings. The van der Waals surface area contributed by atoms with Crippen LogP contribution in [0, 0.1) is 5.92 Å². The molecule has 1 saturated carbocycles. The van der Waals surface area contributed by atoms with Gasteiger partial charge >= 0.3 is 0 Å². The molecule has 0 saturated heterocycles. The van der Waals surface area contributed by atoms with Gasteiger partial charge in [0.15, 0.2) is 0 Å². The fourth-order valence-corrected chi connectivity index (χ4v) is 2.10. The highest BCUT2D eigenvalue weighted by atomic mass is 16.2. The van der Waals surface area contributed by atoms with Crippen molar-refractivity contribution in [2.24, 2.45) is 11.7 Å². The molecule has 1 fully saturated rings. The molecule has 2 amide bonds. The molecule has 86 valence electrons. The summed E-state index contributed by atoms with van der Waals surface area (Å²) in [5.41, 5.74) is 4.60. The van der Waals surface area contributed by atoms with Gasteiger partial charge in [0.05, 0.1) is 0 Å². The van der Waals surface area contributed by atoms with E-state index < -0.39 is 11.4 Å². The van der Waals surface area contributed by atoms with Crippen LogP contribution in [0.5, 0.6) is 0 Å². The molecule has 4 nitrogen and oxygen atoms in total. The molecule has 0 bridgehead atoms. The van der Waals surface area contributed by atoms with Gasteiger partial charge in [-0.25, -0.2) is 0 Å². The number of carbonyl (C=O) groups excluding carboxylic acids is 2. The van der Waals surface area contributed by atoms with Gasteiger partial charge in [-0.1, -0.05) is 26.7 Å². The molecule has 0 aromatic heterocycles. The molecule has 0 aliphatic heterocycles. The Morgan fingerprint density at radius 1 is 1.33 bits per heavy atom. The van der Waals surface area contributed by atoms with Gasteiger partial charge in [-0.3, -0.25) is 9.59 Å². The van der Waals surface area contributed by atoms with E-state index in [1.165, 1.54) is 0 Å². The van der Waals surface area contributed by atoms with Gasteiger partial charge in [0, 0.05) is 6.42 Å². The van der Waals surface area contributed by atoms with Gasteiger partial charge < -0.3 is 11.1 Å². The van der Waals surface area contributed by atoms with Crippen LogP contribution >= 0.6 is 0 Å². The molecule has 4 heteroatoms. The number of nitrogens with two attached hydrogens (primary N) is 1.